The molecule has 0 radical (unpaired) electrons. The Bertz CT molecular complexity index is 613. The highest BCUT2D eigenvalue weighted by atomic mass is 19.1. The van der Waals surface area contributed by atoms with E-state index in [1.807, 2.05) is 25.1 Å². The Morgan fingerprint density at radius 3 is 2.65 bits per heavy atom. The zero-order valence-electron chi connectivity index (χ0n) is 11.6. The van der Waals surface area contributed by atoms with E-state index in [0.29, 0.717) is 11.3 Å². The molecule has 0 bridgehead atoms. The zero-order valence-corrected chi connectivity index (χ0v) is 11.6. The summed E-state index contributed by atoms with van der Waals surface area (Å²) in [7, 11) is 1.64. The fourth-order valence-corrected chi connectivity index (χ4v) is 2.00. The van der Waals surface area contributed by atoms with Crippen molar-refractivity contribution >= 4 is 17.3 Å². The highest BCUT2D eigenvalue weighted by molar-refractivity contribution is 6.09. The Morgan fingerprint density at radius 1 is 1.20 bits per heavy atom. The monoisotopic (exact) mass is 272 g/mol. The lowest BCUT2D eigenvalue weighted by molar-refractivity contribution is 0.0994. The Kier molecular flexibility index (Phi) is 4.35. The van der Waals surface area contributed by atoms with Crippen molar-refractivity contribution in [2.45, 2.75) is 6.92 Å². The first-order chi connectivity index (χ1) is 9.63. The quantitative estimate of drug-likeness (QED) is 0.923. The van der Waals surface area contributed by atoms with Gasteiger partial charge < -0.3 is 10.2 Å². The molecule has 3 nitrogen and oxygen atoms in total. The molecule has 0 spiro atoms. The number of amides is 1. The molecule has 0 aliphatic heterocycles. The second-order valence-corrected chi connectivity index (χ2v) is 4.42. The summed E-state index contributed by atoms with van der Waals surface area (Å²) in [5.41, 5.74) is 1.88. The minimum absolute atomic E-state index is 0.174. The fraction of sp³-hybridized carbons (Fsp3) is 0.188. The maximum absolute atomic E-state index is 13.2. The van der Waals surface area contributed by atoms with E-state index in [1.54, 1.807) is 25.2 Å². The number of carbonyl (C=O) groups excluding carboxylic acids is 1. The first kappa shape index (κ1) is 14.1. The van der Waals surface area contributed by atoms with E-state index < -0.39 is 0 Å². The third-order valence-electron chi connectivity index (χ3n) is 3.02. The summed E-state index contributed by atoms with van der Waals surface area (Å²) >= 11 is 0. The number of nitrogens with zero attached hydrogens (tertiary/aromatic N) is 1. The van der Waals surface area contributed by atoms with E-state index >= 15 is 0 Å². The van der Waals surface area contributed by atoms with Crippen LogP contribution >= 0.6 is 0 Å². The van der Waals surface area contributed by atoms with Crippen LogP contribution in [0, 0.1) is 5.82 Å². The van der Waals surface area contributed by atoms with Crippen molar-refractivity contribution in [1.29, 1.82) is 0 Å². The van der Waals surface area contributed by atoms with Gasteiger partial charge in [0.05, 0.1) is 5.56 Å². The van der Waals surface area contributed by atoms with Crippen molar-refractivity contribution in [3.8, 4) is 0 Å². The number of anilines is 2. The summed E-state index contributed by atoms with van der Waals surface area (Å²) in [5.74, 6) is -0.533. The molecule has 1 amide bonds. The van der Waals surface area contributed by atoms with Gasteiger partial charge in [-0.25, -0.2) is 4.39 Å². The molecule has 1 N–H and O–H groups in total. The average Bonchev–Trinajstić information content (AvgIpc) is 2.47. The lowest BCUT2D eigenvalue weighted by Crippen LogP contribution is -2.27. The van der Waals surface area contributed by atoms with E-state index in [2.05, 4.69) is 5.32 Å². The van der Waals surface area contributed by atoms with Gasteiger partial charge in [0.1, 0.15) is 5.82 Å². The largest absolute Gasteiger partial charge is 0.385 e. The van der Waals surface area contributed by atoms with Gasteiger partial charge in [-0.3, -0.25) is 4.79 Å². The Balaban J connectivity index is 2.31. The minimum Gasteiger partial charge on any atom is -0.385 e. The molecular formula is C16H17FN2O. The second kappa shape index (κ2) is 6.19. The van der Waals surface area contributed by atoms with Gasteiger partial charge in [0.2, 0.25) is 0 Å². The number of benzene rings is 2. The molecule has 2 rings (SSSR count). The summed E-state index contributed by atoms with van der Waals surface area (Å²) in [6.07, 6.45) is 0. The van der Waals surface area contributed by atoms with Gasteiger partial charge >= 0.3 is 0 Å². The molecule has 0 fully saturated rings. The van der Waals surface area contributed by atoms with Crippen LogP contribution in [0.1, 0.15) is 17.3 Å². The Hall–Kier alpha value is -2.36. The number of carbonyl (C=O) groups is 1. The third-order valence-corrected chi connectivity index (χ3v) is 3.02. The van der Waals surface area contributed by atoms with Crippen LogP contribution in [0.15, 0.2) is 48.5 Å². The maximum atomic E-state index is 13.2. The lowest BCUT2D eigenvalue weighted by atomic mass is 10.1. The lowest BCUT2D eigenvalue weighted by Gasteiger charge is -2.19. The molecule has 0 atom stereocenters. The van der Waals surface area contributed by atoms with Gasteiger partial charge in [-0.1, -0.05) is 18.2 Å². The van der Waals surface area contributed by atoms with E-state index in [-0.39, 0.29) is 11.7 Å². The molecule has 0 heterocycles. The summed E-state index contributed by atoms with van der Waals surface area (Å²) in [6.45, 7) is 2.70. The van der Waals surface area contributed by atoms with Gasteiger partial charge in [0, 0.05) is 25.0 Å². The van der Waals surface area contributed by atoms with E-state index in [1.165, 1.54) is 17.0 Å². The fourth-order valence-electron chi connectivity index (χ4n) is 2.00. The molecule has 4 heteroatoms. The number of nitrogens with one attached hydrogen (secondary N) is 1. The van der Waals surface area contributed by atoms with E-state index in [9.17, 15) is 9.18 Å². The zero-order chi connectivity index (χ0) is 14.5. The third kappa shape index (κ3) is 2.96. The van der Waals surface area contributed by atoms with Crippen LogP contribution in [0.2, 0.25) is 0 Å². The van der Waals surface area contributed by atoms with Crippen molar-refractivity contribution in [3.63, 3.8) is 0 Å². The van der Waals surface area contributed by atoms with E-state index in [4.69, 9.17) is 0 Å². The maximum Gasteiger partial charge on any atom is 0.260 e. The van der Waals surface area contributed by atoms with Gasteiger partial charge in [-0.2, -0.15) is 0 Å². The number of para-hydroxylation sites is 1. The molecule has 2 aromatic carbocycles. The van der Waals surface area contributed by atoms with Crippen LogP contribution in [0.3, 0.4) is 0 Å². The normalized spacial score (nSPS) is 10.2. The predicted molar refractivity (Wildman–Crippen MR) is 79.7 cm³/mol. The van der Waals surface area contributed by atoms with Gasteiger partial charge in [-0.05, 0) is 37.3 Å². The van der Waals surface area contributed by atoms with Gasteiger partial charge in [0.25, 0.3) is 5.91 Å². The molecule has 0 aliphatic rings. The first-order valence-electron chi connectivity index (χ1n) is 6.50. The minimum atomic E-state index is -0.359. The summed E-state index contributed by atoms with van der Waals surface area (Å²) in [5, 5.41) is 3.15. The highest BCUT2D eigenvalue weighted by Crippen LogP contribution is 2.21. The van der Waals surface area contributed by atoms with Crippen LogP contribution in [-0.4, -0.2) is 19.5 Å². The topological polar surface area (TPSA) is 32.3 Å². The van der Waals surface area contributed by atoms with Gasteiger partial charge in [0.15, 0.2) is 0 Å². The molecule has 0 saturated carbocycles. The molecule has 0 saturated heterocycles. The molecule has 0 aromatic heterocycles. The van der Waals surface area contributed by atoms with Crippen molar-refractivity contribution in [3.05, 3.63) is 59.9 Å². The highest BCUT2D eigenvalue weighted by Gasteiger charge is 2.16. The van der Waals surface area contributed by atoms with Gasteiger partial charge in [-0.15, -0.1) is 0 Å². The summed E-state index contributed by atoms with van der Waals surface area (Å²) in [6, 6.07) is 13.3. The molecule has 2 aromatic rings. The molecule has 0 aliphatic carbocycles. The van der Waals surface area contributed by atoms with Crippen molar-refractivity contribution < 1.29 is 9.18 Å². The molecule has 104 valence electrons. The number of halogens is 1. The van der Waals surface area contributed by atoms with Crippen LogP contribution in [0.4, 0.5) is 15.8 Å². The van der Waals surface area contributed by atoms with E-state index in [0.717, 1.165) is 12.2 Å². The standard InChI is InChI=1S/C16H17FN2O/c1-3-18-15-10-5-4-9-14(15)16(20)19(2)13-8-6-7-12(17)11-13/h4-11,18H,3H2,1-2H3. The predicted octanol–water partition coefficient (Wildman–Crippen LogP) is 3.53. The van der Waals surface area contributed by atoms with Crippen molar-refractivity contribution in [1.82, 2.24) is 0 Å². The van der Waals surface area contributed by atoms with Crippen molar-refractivity contribution in [2.24, 2.45) is 0 Å². The second-order valence-electron chi connectivity index (χ2n) is 4.42. The van der Waals surface area contributed by atoms with Crippen LogP contribution in [0.25, 0.3) is 0 Å². The van der Waals surface area contributed by atoms with Crippen LogP contribution in [-0.2, 0) is 0 Å². The summed E-state index contributed by atoms with van der Waals surface area (Å²) < 4.78 is 13.2. The number of hydrogen-bond donors (Lipinski definition) is 1. The Morgan fingerprint density at radius 2 is 1.95 bits per heavy atom. The first-order valence-corrected chi connectivity index (χ1v) is 6.50. The molecule has 0 unspecified atom stereocenters. The summed E-state index contributed by atoms with van der Waals surface area (Å²) in [4.78, 5) is 14.0. The number of rotatable bonds is 4. The average molecular weight is 272 g/mol. The smallest absolute Gasteiger partial charge is 0.260 e. The molecule has 20 heavy (non-hydrogen) atoms. The van der Waals surface area contributed by atoms with Crippen molar-refractivity contribution in [2.75, 3.05) is 23.8 Å². The number of hydrogen-bond acceptors (Lipinski definition) is 2. The van der Waals surface area contributed by atoms with Crippen LogP contribution < -0.4 is 10.2 Å². The van der Waals surface area contributed by atoms with Crippen LogP contribution in [0.5, 0.6) is 0 Å². The Labute approximate surface area is 118 Å². The SMILES string of the molecule is CCNc1ccccc1C(=O)N(C)c1cccc(F)c1. The molecular weight excluding hydrogens is 255 g/mol.